The third-order valence-corrected chi connectivity index (χ3v) is 5.33. The molecule has 6 heteroatoms. The molecule has 0 fully saturated rings. The Hall–Kier alpha value is -2.87. The molecule has 5 nitrogen and oxygen atoms in total. The van der Waals surface area contributed by atoms with Gasteiger partial charge >= 0.3 is 5.97 Å². The van der Waals surface area contributed by atoms with Gasteiger partial charge in [-0.25, -0.2) is 9.79 Å². The van der Waals surface area contributed by atoms with Crippen LogP contribution >= 0.6 is 22.6 Å². The molecule has 0 aromatic heterocycles. The quantitative estimate of drug-likeness (QED) is 0.254. The smallest absolute Gasteiger partial charge is 0.363 e. The summed E-state index contributed by atoms with van der Waals surface area (Å²) in [5.41, 5.74) is 1.79. The number of nitrogens with zero attached hydrogens (tertiary/aromatic N) is 1. The highest BCUT2D eigenvalue weighted by Gasteiger charge is 2.24. The second kappa shape index (κ2) is 8.47. The average Bonchev–Trinajstić information content (AvgIpc) is 3.09. The summed E-state index contributed by atoms with van der Waals surface area (Å²) in [6.45, 7) is 3.92. The fourth-order valence-corrected chi connectivity index (χ4v) is 3.94. The van der Waals surface area contributed by atoms with Crippen molar-refractivity contribution in [3.8, 4) is 11.5 Å². The molecular formula is C24H20INO4. The molecule has 0 radical (unpaired) electrons. The van der Waals surface area contributed by atoms with Crippen LogP contribution in [-0.4, -0.2) is 25.1 Å². The monoisotopic (exact) mass is 513 g/mol. The van der Waals surface area contributed by atoms with Gasteiger partial charge in [-0.1, -0.05) is 30.3 Å². The van der Waals surface area contributed by atoms with Crippen molar-refractivity contribution in [3.63, 3.8) is 0 Å². The lowest BCUT2D eigenvalue weighted by molar-refractivity contribution is -0.129. The largest absolute Gasteiger partial charge is 0.493 e. The molecule has 0 atom stereocenters. The average molecular weight is 513 g/mol. The number of cyclic esters (lactones) is 1. The summed E-state index contributed by atoms with van der Waals surface area (Å²) >= 11 is 2.20. The van der Waals surface area contributed by atoms with Crippen molar-refractivity contribution in [2.24, 2.45) is 4.99 Å². The first kappa shape index (κ1) is 20.4. The van der Waals surface area contributed by atoms with Gasteiger partial charge in [-0.15, -0.1) is 0 Å². The zero-order valence-corrected chi connectivity index (χ0v) is 19.0. The molecule has 1 aliphatic heterocycles. The highest BCUT2D eigenvalue weighted by atomic mass is 127. The van der Waals surface area contributed by atoms with Gasteiger partial charge in [-0.2, -0.15) is 0 Å². The maximum absolute atomic E-state index is 12.4. The Morgan fingerprint density at radius 2 is 1.83 bits per heavy atom. The molecule has 4 rings (SSSR count). The first-order valence-corrected chi connectivity index (χ1v) is 10.6. The molecule has 1 aliphatic rings. The number of ether oxygens (including phenoxy) is 3. The molecule has 30 heavy (non-hydrogen) atoms. The van der Waals surface area contributed by atoms with Gasteiger partial charge in [0.2, 0.25) is 5.90 Å². The minimum atomic E-state index is -0.477. The molecule has 0 saturated carbocycles. The van der Waals surface area contributed by atoms with Crippen molar-refractivity contribution in [3.05, 3.63) is 75.0 Å². The van der Waals surface area contributed by atoms with Crippen LogP contribution in [-0.2, 0) is 9.53 Å². The topological polar surface area (TPSA) is 57.1 Å². The number of carbonyl (C=O) groups excluding carboxylic acids is 1. The van der Waals surface area contributed by atoms with Crippen molar-refractivity contribution >= 4 is 51.3 Å². The molecule has 0 bridgehead atoms. The van der Waals surface area contributed by atoms with E-state index in [2.05, 4.69) is 27.6 Å². The summed E-state index contributed by atoms with van der Waals surface area (Å²) in [6.07, 6.45) is 1.72. The number of benzene rings is 3. The predicted octanol–water partition coefficient (Wildman–Crippen LogP) is 5.58. The Morgan fingerprint density at radius 3 is 2.57 bits per heavy atom. The van der Waals surface area contributed by atoms with Crippen LogP contribution in [0, 0.1) is 3.57 Å². The maximum atomic E-state index is 12.4. The summed E-state index contributed by atoms with van der Waals surface area (Å²) in [4.78, 5) is 16.8. The minimum absolute atomic E-state index is 0.0237. The van der Waals surface area contributed by atoms with Crippen molar-refractivity contribution in [1.29, 1.82) is 0 Å². The van der Waals surface area contributed by atoms with E-state index in [0.717, 1.165) is 25.5 Å². The third-order valence-electron chi connectivity index (χ3n) is 4.53. The first-order chi connectivity index (χ1) is 14.4. The molecule has 0 unspecified atom stereocenters. The number of fused-ring (bicyclic) bond motifs is 1. The van der Waals surface area contributed by atoms with Crippen molar-refractivity contribution < 1.29 is 19.0 Å². The SMILES string of the molecule is COc1cc(C=C2N=C(c3ccc4ccccc4c3)OC2=O)cc(I)c1OC(C)C. The van der Waals surface area contributed by atoms with Crippen LogP contribution in [0.1, 0.15) is 25.0 Å². The molecule has 0 saturated heterocycles. The molecule has 1 heterocycles. The third kappa shape index (κ3) is 4.18. The van der Waals surface area contributed by atoms with Crippen LogP contribution in [0.25, 0.3) is 16.8 Å². The standard InChI is InChI=1S/C24H20INO4/c1-14(2)29-22-19(25)10-15(12-21(22)28-3)11-20-24(27)30-23(26-20)18-9-8-16-6-4-5-7-17(16)13-18/h4-14H,1-3H3. The number of hydrogen-bond acceptors (Lipinski definition) is 5. The van der Waals surface area contributed by atoms with Crippen LogP contribution in [0.5, 0.6) is 11.5 Å². The number of carbonyl (C=O) groups is 1. The van der Waals surface area contributed by atoms with Gasteiger partial charge in [0.15, 0.2) is 17.2 Å². The van der Waals surface area contributed by atoms with Crippen LogP contribution in [0.4, 0.5) is 0 Å². The van der Waals surface area contributed by atoms with Crippen LogP contribution < -0.4 is 9.47 Å². The number of hydrogen-bond donors (Lipinski definition) is 0. The van der Waals surface area contributed by atoms with Gasteiger partial charge in [0.1, 0.15) is 0 Å². The summed E-state index contributed by atoms with van der Waals surface area (Å²) in [5.74, 6) is 1.12. The van der Waals surface area contributed by atoms with Gasteiger partial charge < -0.3 is 14.2 Å². The molecule has 152 valence electrons. The lowest BCUT2D eigenvalue weighted by Crippen LogP contribution is -2.08. The number of halogens is 1. The number of rotatable bonds is 5. The fourth-order valence-electron chi connectivity index (χ4n) is 3.19. The molecule has 0 aliphatic carbocycles. The maximum Gasteiger partial charge on any atom is 0.363 e. The van der Waals surface area contributed by atoms with Gasteiger partial charge in [0, 0.05) is 5.56 Å². The zero-order chi connectivity index (χ0) is 21.3. The molecule has 0 amide bonds. The van der Waals surface area contributed by atoms with Crippen molar-refractivity contribution in [2.45, 2.75) is 20.0 Å². The fraction of sp³-hybridized carbons (Fsp3) is 0.167. The molecule has 3 aromatic carbocycles. The van der Waals surface area contributed by atoms with E-state index in [1.165, 1.54) is 0 Å². The highest BCUT2D eigenvalue weighted by Crippen LogP contribution is 2.35. The summed E-state index contributed by atoms with van der Waals surface area (Å²) in [5, 5.41) is 2.18. The zero-order valence-electron chi connectivity index (χ0n) is 16.8. The van der Waals surface area contributed by atoms with Crippen LogP contribution in [0.3, 0.4) is 0 Å². The molecule has 0 N–H and O–H groups in total. The van der Waals surface area contributed by atoms with Gasteiger partial charge in [-0.05, 0) is 83.1 Å². The van der Waals surface area contributed by atoms with Crippen LogP contribution in [0.2, 0.25) is 0 Å². The van der Waals surface area contributed by atoms with E-state index < -0.39 is 5.97 Å². The number of esters is 1. The summed E-state index contributed by atoms with van der Waals surface area (Å²) in [7, 11) is 1.59. The molecular weight excluding hydrogens is 493 g/mol. The Balaban J connectivity index is 1.68. The van der Waals surface area contributed by atoms with Gasteiger partial charge in [0.05, 0.1) is 16.8 Å². The Labute approximate surface area is 188 Å². The lowest BCUT2D eigenvalue weighted by Gasteiger charge is -2.15. The minimum Gasteiger partial charge on any atom is -0.493 e. The van der Waals surface area contributed by atoms with E-state index in [1.54, 1.807) is 13.2 Å². The van der Waals surface area contributed by atoms with E-state index in [-0.39, 0.29) is 11.8 Å². The lowest BCUT2D eigenvalue weighted by atomic mass is 10.1. The Kier molecular flexibility index (Phi) is 5.76. The van der Waals surface area contributed by atoms with E-state index >= 15 is 0 Å². The highest BCUT2D eigenvalue weighted by molar-refractivity contribution is 14.1. The number of methoxy groups -OCH3 is 1. The molecule has 3 aromatic rings. The molecule has 0 spiro atoms. The number of aliphatic imine (C=N–C) groups is 1. The van der Waals surface area contributed by atoms with Crippen LogP contribution in [0.15, 0.2) is 65.3 Å². The van der Waals surface area contributed by atoms with E-state index in [0.29, 0.717) is 17.4 Å². The van der Waals surface area contributed by atoms with E-state index in [4.69, 9.17) is 14.2 Å². The van der Waals surface area contributed by atoms with Gasteiger partial charge in [-0.3, -0.25) is 0 Å². The normalized spacial score (nSPS) is 14.9. The van der Waals surface area contributed by atoms with Crippen molar-refractivity contribution in [1.82, 2.24) is 0 Å². The Bertz CT molecular complexity index is 1200. The van der Waals surface area contributed by atoms with E-state index in [1.807, 2.05) is 68.4 Å². The van der Waals surface area contributed by atoms with E-state index in [9.17, 15) is 4.79 Å². The predicted molar refractivity (Wildman–Crippen MR) is 126 cm³/mol. The summed E-state index contributed by atoms with van der Waals surface area (Å²) in [6, 6.07) is 17.6. The Morgan fingerprint density at radius 1 is 1.07 bits per heavy atom. The first-order valence-electron chi connectivity index (χ1n) is 9.50. The second-order valence-electron chi connectivity index (χ2n) is 7.10. The van der Waals surface area contributed by atoms with Crippen molar-refractivity contribution in [2.75, 3.05) is 7.11 Å². The second-order valence-corrected chi connectivity index (χ2v) is 8.26. The van der Waals surface area contributed by atoms with Gasteiger partial charge in [0.25, 0.3) is 0 Å². The summed E-state index contributed by atoms with van der Waals surface area (Å²) < 4.78 is 17.6.